The second kappa shape index (κ2) is 8.86. The highest BCUT2D eigenvalue weighted by molar-refractivity contribution is 5.83. The van der Waals surface area contributed by atoms with Crippen molar-refractivity contribution < 1.29 is 24.0 Å². The van der Waals surface area contributed by atoms with Gasteiger partial charge in [0.2, 0.25) is 0 Å². The maximum absolute atomic E-state index is 12.2. The molecule has 0 spiro atoms. The molecule has 2 aromatic carbocycles. The lowest BCUT2D eigenvalue weighted by Crippen LogP contribution is -2.19. The summed E-state index contributed by atoms with van der Waals surface area (Å²) in [4.78, 5) is 44.3. The van der Waals surface area contributed by atoms with E-state index in [2.05, 4.69) is 9.97 Å². The third-order valence-electron chi connectivity index (χ3n) is 4.33. The molecule has 0 bridgehead atoms. The number of para-hydroxylation sites is 2. The Morgan fingerprint density at radius 2 is 1.58 bits per heavy atom. The topological polar surface area (TPSA) is 122 Å². The van der Waals surface area contributed by atoms with Crippen LogP contribution in [0.5, 0.6) is 11.5 Å². The SMILES string of the molecule is CC(C)C(=O)Oc1cc(-c2cnc3ccccc3n2)cc([N+](=O)[O-])c1OC(=O)C(C)C. The fraction of sp³-hybridized carbons (Fsp3) is 0.273. The van der Waals surface area contributed by atoms with E-state index in [9.17, 15) is 19.7 Å². The smallest absolute Gasteiger partial charge is 0.316 e. The van der Waals surface area contributed by atoms with Crippen LogP contribution in [0.15, 0.2) is 42.6 Å². The predicted molar refractivity (Wildman–Crippen MR) is 113 cm³/mol. The fourth-order valence-corrected chi connectivity index (χ4v) is 2.59. The minimum absolute atomic E-state index is 0.230. The number of ether oxygens (including phenoxy) is 2. The average Bonchev–Trinajstić information content (AvgIpc) is 2.73. The molecule has 3 rings (SSSR count). The first-order valence-electron chi connectivity index (χ1n) is 9.65. The molecule has 0 radical (unpaired) electrons. The largest absolute Gasteiger partial charge is 0.422 e. The van der Waals surface area contributed by atoms with Crippen LogP contribution >= 0.6 is 0 Å². The first-order chi connectivity index (χ1) is 14.7. The highest BCUT2D eigenvalue weighted by atomic mass is 16.6. The summed E-state index contributed by atoms with van der Waals surface area (Å²) in [7, 11) is 0. The number of fused-ring (bicyclic) bond motifs is 1. The monoisotopic (exact) mass is 423 g/mol. The number of aromatic nitrogens is 2. The zero-order chi connectivity index (χ0) is 22.7. The van der Waals surface area contributed by atoms with Crippen LogP contribution in [0.25, 0.3) is 22.3 Å². The number of hydrogen-bond acceptors (Lipinski definition) is 8. The molecule has 0 amide bonds. The highest BCUT2D eigenvalue weighted by Crippen LogP contribution is 2.42. The number of rotatable bonds is 6. The second-order valence-corrected chi connectivity index (χ2v) is 7.48. The highest BCUT2D eigenvalue weighted by Gasteiger charge is 2.28. The first-order valence-corrected chi connectivity index (χ1v) is 9.65. The third-order valence-corrected chi connectivity index (χ3v) is 4.33. The standard InChI is InChI=1S/C22H21N3O6/c1-12(2)21(26)30-19-10-14(17-11-23-15-7-5-6-8-16(15)24-17)9-18(25(28)29)20(19)31-22(27)13(3)4/h5-13H,1-4H3. The molecule has 9 heteroatoms. The quantitative estimate of drug-likeness (QED) is 0.249. The third kappa shape index (κ3) is 4.82. The molecule has 0 atom stereocenters. The van der Waals surface area contributed by atoms with Crippen molar-refractivity contribution in [3.63, 3.8) is 0 Å². The van der Waals surface area contributed by atoms with Crippen molar-refractivity contribution in [3.05, 3.63) is 52.7 Å². The van der Waals surface area contributed by atoms with Gasteiger partial charge in [-0.2, -0.15) is 0 Å². The van der Waals surface area contributed by atoms with Gasteiger partial charge < -0.3 is 9.47 Å². The molecule has 3 aromatic rings. The van der Waals surface area contributed by atoms with E-state index >= 15 is 0 Å². The van der Waals surface area contributed by atoms with Crippen molar-refractivity contribution in [2.75, 3.05) is 0 Å². The Morgan fingerprint density at radius 1 is 0.968 bits per heavy atom. The van der Waals surface area contributed by atoms with E-state index < -0.39 is 40.1 Å². The molecule has 0 fully saturated rings. The van der Waals surface area contributed by atoms with E-state index in [0.29, 0.717) is 22.3 Å². The van der Waals surface area contributed by atoms with Gasteiger partial charge in [0.25, 0.3) is 5.75 Å². The van der Waals surface area contributed by atoms with Gasteiger partial charge >= 0.3 is 17.6 Å². The summed E-state index contributed by atoms with van der Waals surface area (Å²) in [6.07, 6.45) is 1.47. The van der Waals surface area contributed by atoms with Gasteiger partial charge in [0, 0.05) is 11.6 Å². The lowest BCUT2D eigenvalue weighted by molar-refractivity contribution is -0.385. The minimum atomic E-state index is -0.701. The lowest BCUT2D eigenvalue weighted by atomic mass is 10.1. The zero-order valence-corrected chi connectivity index (χ0v) is 17.5. The van der Waals surface area contributed by atoms with E-state index in [4.69, 9.17) is 9.47 Å². The number of nitro benzene ring substituents is 1. The van der Waals surface area contributed by atoms with Crippen LogP contribution in [-0.4, -0.2) is 26.8 Å². The van der Waals surface area contributed by atoms with Crippen LogP contribution < -0.4 is 9.47 Å². The van der Waals surface area contributed by atoms with Gasteiger partial charge in [-0.15, -0.1) is 0 Å². The maximum Gasteiger partial charge on any atom is 0.316 e. The number of hydrogen-bond donors (Lipinski definition) is 0. The Bertz CT molecular complexity index is 1170. The molecule has 1 heterocycles. The summed E-state index contributed by atoms with van der Waals surface area (Å²) in [5, 5.41) is 11.8. The van der Waals surface area contributed by atoms with Gasteiger partial charge in [0.1, 0.15) is 0 Å². The molecule has 0 aliphatic carbocycles. The molecule has 0 unspecified atom stereocenters. The Balaban J connectivity index is 2.19. The van der Waals surface area contributed by atoms with E-state index in [1.165, 1.54) is 18.3 Å². The van der Waals surface area contributed by atoms with Crippen molar-refractivity contribution in [2.45, 2.75) is 27.7 Å². The molecule has 0 aliphatic rings. The van der Waals surface area contributed by atoms with Gasteiger partial charge in [0.15, 0.2) is 5.75 Å². The van der Waals surface area contributed by atoms with Gasteiger partial charge in [0.05, 0.1) is 39.7 Å². The fourth-order valence-electron chi connectivity index (χ4n) is 2.59. The summed E-state index contributed by atoms with van der Waals surface area (Å²) >= 11 is 0. The van der Waals surface area contributed by atoms with Crippen LogP contribution in [0.2, 0.25) is 0 Å². The van der Waals surface area contributed by atoms with Crippen LogP contribution in [0, 0.1) is 22.0 Å². The number of benzene rings is 2. The van der Waals surface area contributed by atoms with Gasteiger partial charge in [-0.1, -0.05) is 39.8 Å². The van der Waals surface area contributed by atoms with Gasteiger partial charge in [-0.3, -0.25) is 24.7 Å². The number of carbonyl (C=O) groups excluding carboxylic acids is 2. The van der Waals surface area contributed by atoms with Crippen LogP contribution in [0.4, 0.5) is 5.69 Å². The van der Waals surface area contributed by atoms with Crippen LogP contribution in [0.1, 0.15) is 27.7 Å². The van der Waals surface area contributed by atoms with Crippen molar-refractivity contribution >= 4 is 28.7 Å². The van der Waals surface area contributed by atoms with E-state index in [-0.39, 0.29) is 5.75 Å². The number of esters is 2. The van der Waals surface area contributed by atoms with Crippen LogP contribution in [-0.2, 0) is 9.59 Å². The Labute approximate surface area is 178 Å². The maximum atomic E-state index is 12.2. The minimum Gasteiger partial charge on any atom is -0.422 e. The molecule has 1 aromatic heterocycles. The van der Waals surface area contributed by atoms with E-state index in [1.807, 2.05) is 6.07 Å². The first kappa shape index (κ1) is 21.8. The normalized spacial score (nSPS) is 11.0. The molecule has 9 nitrogen and oxygen atoms in total. The molecular formula is C22H21N3O6. The molecule has 160 valence electrons. The summed E-state index contributed by atoms with van der Waals surface area (Å²) in [6.45, 7) is 6.42. The van der Waals surface area contributed by atoms with Crippen LogP contribution in [0.3, 0.4) is 0 Å². The summed E-state index contributed by atoms with van der Waals surface area (Å²) in [6, 6.07) is 9.78. The zero-order valence-electron chi connectivity index (χ0n) is 17.5. The van der Waals surface area contributed by atoms with Crippen molar-refractivity contribution in [3.8, 4) is 22.8 Å². The van der Waals surface area contributed by atoms with Gasteiger partial charge in [-0.25, -0.2) is 4.98 Å². The molecule has 0 saturated carbocycles. The number of nitro groups is 1. The predicted octanol–water partition coefficient (Wildman–Crippen LogP) is 4.33. The lowest BCUT2D eigenvalue weighted by Gasteiger charge is -2.14. The van der Waals surface area contributed by atoms with Gasteiger partial charge in [-0.05, 0) is 18.2 Å². The number of nitrogens with zero attached hydrogens (tertiary/aromatic N) is 3. The molecule has 0 N–H and O–H groups in total. The molecule has 0 saturated heterocycles. The second-order valence-electron chi connectivity index (χ2n) is 7.48. The van der Waals surface area contributed by atoms with E-state index in [0.717, 1.165) is 0 Å². The molecule has 31 heavy (non-hydrogen) atoms. The Hall–Kier alpha value is -3.88. The average molecular weight is 423 g/mol. The van der Waals surface area contributed by atoms with Crippen molar-refractivity contribution in [2.24, 2.45) is 11.8 Å². The summed E-state index contributed by atoms with van der Waals surface area (Å²) in [5.41, 5.74) is 1.37. The van der Waals surface area contributed by atoms with E-state index in [1.54, 1.807) is 45.9 Å². The molecular weight excluding hydrogens is 402 g/mol. The van der Waals surface area contributed by atoms with Crippen molar-refractivity contribution in [1.29, 1.82) is 0 Å². The Kier molecular flexibility index (Phi) is 6.24. The Morgan fingerprint density at radius 3 is 2.19 bits per heavy atom. The summed E-state index contributed by atoms with van der Waals surface area (Å²) in [5.74, 6) is -3.01. The van der Waals surface area contributed by atoms with Crippen molar-refractivity contribution in [1.82, 2.24) is 9.97 Å². The number of carbonyl (C=O) groups is 2. The summed E-state index contributed by atoms with van der Waals surface area (Å²) < 4.78 is 10.6. The molecule has 0 aliphatic heterocycles.